The Balaban J connectivity index is 2.40. The Morgan fingerprint density at radius 1 is 1.26 bits per heavy atom. The topological polar surface area (TPSA) is 163 Å². The fourth-order valence-corrected chi connectivity index (χ4v) is 3.87. The highest BCUT2D eigenvalue weighted by Gasteiger charge is 2.48. The van der Waals surface area contributed by atoms with Crippen LogP contribution in [0.1, 0.15) is 47.2 Å². The number of nitrogens with two attached hydrogens (primary N) is 2. The smallest absolute Gasteiger partial charge is 0.330 e. The van der Waals surface area contributed by atoms with Crippen LogP contribution in [0, 0.1) is 40.9 Å². The third-order valence-corrected chi connectivity index (χ3v) is 5.42. The first kappa shape index (κ1) is 21.4. The molecule has 8 nitrogen and oxygen atoms in total. The van der Waals surface area contributed by atoms with Crippen molar-refractivity contribution in [3.8, 4) is 18.2 Å². The van der Waals surface area contributed by atoms with Crippen LogP contribution in [0.25, 0.3) is 0 Å². The average molecular weight is 412 g/mol. The first-order chi connectivity index (χ1) is 14.8. The van der Waals surface area contributed by atoms with Gasteiger partial charge in [0.1, 0.15) is 17.5 Å². The maximum atomic E-state index is 12.2. The van der Waals surface area contributed by atoms with Crippen molar-refractivity contribution in [2.75, 3.05) is 18.1 Å². The Labute approximate surface area is 180 Å². The molecule has 0 spiro atoms. The van der Waals surface area contributed by atoms with Crippen LogP contribution in [0.5, 0.6) is 0 Å². The number of allylic oxidation sites excluding steroid dienone is 1. The number of nitriles is 3. The first-order valence-electron chi connectivity index (χ1n) is 9.59. The number of esters is 1. The van der Waals surface area contributed by atoms with E-state index >= 15 is 0 Å². The van der Waals surface area contributed by atoms with Gasteiger partial charge in [-0.2, -0.15) is 15.8 Å². The molecular weight excluding hydrogens is 392 g/mol. The molecule has 0 saturated carbocycles. The average Bonchev–Trinajstić information content (AvgIpc) is 2.74. The molecule has 1 aromatic carbocycles. The number of benzene rings is 1. The minimum absolute atomic E-state index is 0.00142. The van der Waals surface area contributed by atoms with E-state index in [4.69, 9.17) is 16.2 Å². The zero-order valence-corrected chi connectivity index (χ0v) is 17.1. The second-order valence-electron chi connectivity index (χ2n) is 7.22. The second-order valence-corrected chi connectivity index (χ2v) is 7.22. The molecule has 0 aliphatic heterocycles. The zero-order valence-electron chi connectivity index (χ0n) is 17.1. The van der Waals surface area contributed by atoms with Gasteiger partial charge in [-0.3, -0.25) is 0 Å². The number of hydrogen-bond acceptors (Lipinski definition) is 8. The van der Waals surface area contributed by atoms with Crippen LogP contribution < -0.4 is 11.5 Å². The Bertz CT molecular complexity index is 1200. The molecule has 2 aromatic rings. The highest BCUT2D eigenvalue weighted by molar-refractivity contribution is 5.85. The summed E-state index contributed by atoms with van der Waals surface area (Å²) in [6, 6.07) is 13.6. The number of aryl methyl sites for hydroxylation is 1. The lowest BCUT2D eigenvalue weighted by Gasteiger charge is -2.36. The highest BCUT2D eigenvalue weighted by Crippen LogP contribution is 2.50. The summed E-state index contributed by atoms with van der Waals surface area (Å²) in [5.41, 5.74) is 13.0. The van der Waals surface area contributed by atoms with Crippen molar-refractivity contribution in [1.29, 1.82) is 15.8 Å². The van der Waals surface area contributed by atoms with Crippen molar-refractivity contribution >= 4 is 17.5 Å². The summed E-state index contributed by atoms with van der Waals surface area (Å²) < 4.78 is 5.01. The fourth-order valence-electron chi connectivity index (χ4n) is 3.87. The molecule has 1 unspecified atom stereocenters. The quantitative estimate of drug-likeness (QED) is 0.574. The van der Waals surface area contributed by atoms with E-state index in [-0.39, 0.29) is 41.4 Å². The summed E-state index contributed by atoms with van der Waals surface area (Å²) in [6.07, 6.45) is 1.32. The number of anilines is 2. The monoisotopic (exact) mass is 412 g/mol. The normalized spacial score (nSPS) is 17.6. The van der Waals surface area contributed by atoms with Crippen LogP contribution in [-0.4, -0.2) is 17.6 Å². The van der Waals surface area contributed by atoms with Gasteiger partial charge in [0.2, 0.25) is 5.41 Å². The molecular formula is C23H20N6O2. The molecule has 4 N–H and O–H groups in total. The molecule has 31 heavy (non-hydrogen) atoms. The van der Waals surface area contributed by atoms with Crippen LogP contribution in [0.2, 0.25) is 0 Å². The lowest BCUT2D eigenvalue weighted by Crippen LogP contribution is -2.36. The SMILES string of the molecule is CCOC(=O)/C=C1\CC(c2ccc(C)cc2)c2c(nc(N)c(C#N)c2N)C1(C#N)C#N. The molecule has 0 fully saturated rings. The molecule has 154 valence electrons. The minimum Gasteiger partial charge on any atom is -0.463 e. The van der Waals surface area contributed by atoms with E-state index in [0.717, 1.165) is 11.1 Å². The van der Waals surface area contributed by atoms with E-state index < -0.39 is 17.3 Å². The van der Waals surface area contributed by atoms with Gasteiger partial charge in [0.15, 0.2) is 0 Å². The first-order valence-corrected chi connectivity index (χ1v) is 9.59. The zero-order chi connectivity index (χ0) is 22.8. The number of ether oxygens (including phenoxy) is 1. The van der Waals surface area contributed by atoms with Crippen molar-refractivity contribution in [2.24, 2.45) is 0 Å². The summed E-state index contributed by atoms with van der Waals surface area (Å²) in [7, 11) is 0. The molecule has 0 radical (unpaired) electrons. The van der Waals surface area contributed by atoms with E-state index in [1.165, 1.54) is 6.08 Å². The molecule has 0 amide bonds. The number of carbonyl (C=O) groups is 1. The predicted molar refractivity (Wildman–Crippen MR) is 113 cm³/mol. The van der Waals surface area contributed by atoms with Gasteiger partial charge < -0.3 is 16.2 Å². The lowest BCUT2D eigenvalue weighted by molar-refractivity contribution is -0.137. The third-order valence-electron chi connectivity index (χ3n) is 5.42. The highest BCUT2D eigenvalue weighted by atomic mass is 16.5. The number of fused-ring (bicyclic) bond motifs is 1. The van der Waals surface area contributed by atoms with Gasteiger partial charge in [0.05, 0.1) is 30.1 Å². The minimum atomic E-state index is -1.89. The molecule has 1 heterocycles. The number of nitrogen functional groups attached to an aromatic ring is 2. The van der Waals surface area contributed by atoms with Crippen molar-refractivity contribution in [1.82, 2.24) is 4.98 Å². The Kier molecular flexibility index (Phi) is 5.64. The fraction of sp³-hybridized carbons (Fsp3) is 0.261. The van der Waals surface area contributed by atoms with E-state index in [1.54, 1.807) is 6.92 Å². The molecule has 3 rings (SSSR count). The molecule has 0 saturated heterocycles. The second kappa shape index (κ2) is 8.18. The van der Waals surface area contributed by atoms with Gasteiger partial charge in [0, 0.05) is 17.6 Å². The van der Waals surface area contributed by atoms with E-state index in [2.05, 4.69) is 4.98 Å². The standard InChI is InChI=1S/C23H20N6O2/c1-3-31-18(30)9-15-8-16(14-6-4-13(2)5-7-14)19-20(27)17(10-24)22(28)29-21(19)23(15,11-25)12-26/h4-7,9,16H,3,8H2,1-2H3,(H4,27,28,29)/b15-9+. The van der Waals surface area contributed by atoms with Crippen LogP contribution in [0.3, 0.4) is 0 Å². The van der Waals surface area contributed by atoms with Crippen molar-refractivity contribution < 1.29 is 9.53 Å². The van der Waals surface area contributed by atoms with E-state index in [9.17, 15) is 20.6 Å². The number of pyridine rings is 1. The Morgan fingerprint density at radius 2 is 1.90 bits per heavy atom. The van der Waals surface area contributed by atoms with Crippen LogP contribution >= 0.6 is 0 Å². The summed E-state index contributed by atoms with van der Waals surface area (Å²) in [5, 5.41) is 29.6. The maximum absolute atomic E-state index is 12.2. The molecule has 8 heteroatoms. The Morgan fingerprint density at radius 3 is 2.45 bits per heavy atom. The summed E-state index contributed by atoms with van der Waals surface area (Å²) in [5.74, 6) is -1.27. The number of aromatic nitrogens is 1. The van der Waals surface area contributed by atoms with Crippen LogP contribution in [-0.2, 0) is 14.9 Å². The summed E-state index contributed by atoms with van der Waals surface area (Å²) in [4.78, 5) is 16.5. The van der Waals surface area contributed by atoms with E-state index in [1.807, 2.05) is 49.4 Å². The number of hydrogen-bond donors (Lipinski definition) is 2. The largest absolute Gasteiger partial charge is 0.463 e. The third kappa shape index (κ3) is 3.43. The van der Waals surface area contributed by atoms with Gasteiger partial charge in [-0.1, -0.05) is 29.8 Å². The van der Waals surface area contributed by atoms with Crippen LogP contribution in [0.15, 0.2) is 35.9 Å². The van der Waals surface area contributed by atoms with Gasteiger partial charge >= 0.3 is 5.97 Å². The lowest BCUT2D eigenvalue weighted by atomic mass is 9.65. The molecule has 1 atom stereocenters. The predicted octanol–water partition coefficient (Wildman–Crippen LogP) is 2.74. The molecule has 1 aliphatic carbocycles. The van der Waals surface area contributed by atoms with Gasteiger partial charge in [-0.05, 0) is 31.4 Å². The maximum Gasteiger partial charge on any atom is 0.330 e. The van der Waals surface area contributed by atoms with Gasteiger partial charge in [0.25, 0.3) is 0 Å². The molecule has 1 aromatic heterocycles. The number of rotatable bonds is 3. The molecule has 1 aliphatic rings. The van der Waals surface area contributed by atoms with Crippen molar-refractivity contribution in [3.05, 3.63) is 63.9 Å². The van der Waals surface area contributed by atoms with Crippen molar-refractivity contribution in [2.45, 2.75) is 31.6 Å². The van der Waals surface area contributed by atoms with Gasteiger partial charge in [-0.15, -0.1) is 0 Å². The number of nitrogens with zero attached hydrogens (tertiary/aromatic N) is 4. The Hall–Kier alpha value is -4.35. The number of carbonyl (C=O) groups excluding carboxylic acids is 1. The van der Waals surface area contributed by atoms with Gasteiger partial charge in [-0.25, -0.2) is 9.78 Å². The van der Waals surface area contributed by atoms with Crippen molar-refractivity contribution in [3.63, 3.8) is 0 Å². The summed E-state index contributed by atoms with van der Waals surface area (Å²) >= 11 is 0. The summed E-state index contributed by atoms with van der Waals surface area (Å²) in [6.45, 7) is 3.76. The molecule has 0 bridgehead atoms. The van der Waals surface area contributed by atoms with Crippen LogP contribution in [0.4, 0.5) is 11.5 Å². The van der Waals surface area contributed by atoms with E-state index in [0.29, 0.717) is 5.56 Å².